The zero-order chi connectivity index (χ0) is 24.3. The molecule has 0 spiro atoms. The molecule has 6 nitrogen and oxygen atoms in total. The molecule has 0 saturated carbocycles. The van der Waals surface area contributed by atoms with E-state index in [1.165, 1.54) is 0 Å². The molecule has 8 heteroatoms. The van der Waals surface area contributed by atoms with Crippen molar-refractivity contribution in [1.82, 2.24) is 9.80 Å². The van der Waals surface area contributed by atoms with Crippen molar-refractivity contribution in [3.05, 3.63) is 57.6 Å². The van der Waals surface area contributed by atoms with Gasteiger partial charge in [-0.15, -0.1) is 0 Å². The zero-order valence-electron chi connectivity index (χ0n) is 19.9. The van der Waals surface area contributed by atoms with Gasteiger partial charge in [0.2, 0.25) is 0 Å². The standard InChI is InChI=1S/C25H33Cl2N3O3/c1-16-12-30(17(2)15-31)25(32)19-7-6-8-22(28(3)4)24(19)33-23(16)14-29(5)13-18-9-10-20(26)21(27)11-18/h6-11,16-17,23,31H,12-15H2,1-5H3/t16-,17+,23+/m0/s1. The van der Waals surface area contributed by atoms with Gasteiger partial charge in [0, 0.05) is 39.6 Å². The number of halogens is 2. The lowest BCUT2D eigenvalue weighted by atomic mass is 9.98. The van der Waals surface area contributed by atoms with E-state index >= 15 is 0 Å². The molecule has 2 aromatic carbocycles. The highest BCUT2D eigenvalue weighted by Crippen LogP contribution is 2.36. The topological polar surface area (TPSA) is 56.2 Å². The van der Waals surface area contributed by atoms with Crippen LogP contribution in [0.2, 0.25) is 10.0 Å². The average Bonchev–Trinajstić information content (AvgIpc) is 2.77. The second-order valence-corrected chi connectivity index (χ2v) is 9.93. The number of amides is 1. The van der Waals surface area contributed by atoms with E-state index in [9.17, 15) is 9.90 Å². The summed E-state index contributed by atoms with van der Waals surface area (Å²) in [6.45, 7) is 5.69. The molecule has 0 saturated heterocycles. The normalized spacial score (nSPS) is 19.5. The molecule has 0 bridgehead atoms. The van der Waals surface area contributed by atoms with Crippen LogP contribution in [-0.2, 0) is 6.54 Å². The summed E-state index contributed by atoms with van der Waals surface area (Å²) >= 11 is 12.2. The number of anilines is 1. The molecule has 1 amide bonds. The summed E-state index contributed by atoms with van der Waals surface area (Å²) in [5.74, 6) is 0.509. The molecule has 0 aliphatic carbocycles. The Bertz CT molecular complexity index is 985. The molecular weight excluding hydrogens is 461 g/mol. The summed E-state index contributed by atoms with van der Waals surface area (Å²) in [5, 5.41) is 10.9. The predicted octanol–water partition coefficient (Wildman–Crippen LogP) is 4.41. The molecule has 3 rings (SSSR count). The highest BCUT2D eigenvalue weighted by atomic mass is 35.5. The molecule has 1 aliphatic rings. The Morgan fingerprint density at radius 2 is 1.91 bits per heavy atom. The number of nitrogens with zero attached hydrogens (tertiary/aromatic N) is 3. The molecule has 3 atom stereocenters. The van der Waals surface area contributed by atoms with Gasteiger partial charge in [-0.05, 0) is 43.8 Å². The Balaban J connectivity index is 1.92. The van der Waals surface area contributed by atoms with Crippen molar-refractivity contribution in [3.63, 3.8) is 0 Å². The molecule has 33 heavy (non-hydrogen) atoms. The lowest BCUT2D eigenvalue weighted by Gasteiger charge is -2.39. The summed E-state index contributed by atoms with van der Waals surface area (Å²) in [6.07, 6.45) is -0.167. The first-order chi connectivity index (χ1) is 15.6. The van der Waals surface area contributed by atoms with Crippen LogP contribution in [0.15, 0.2) is 36.4 Å². The third-order valence-electron chi connectivity index (χ3n) is 6.08. The van der Waals surface area contributed by atoms with Gasteiger partial charge in [-0.1, -0.05) is 42.3 Å². The van der Waals surface area contributed by atoms with Gasteiger partial charge in [0.25, 0.3) is 5.91 Å². The maximum atomic E-state index is 13.4. The van der Waals surface area contributed by atoms with Crippen molar-refractivity contribution < 1.29 is 14.6 Å². The Labute approximate surface area is 206 Å². The minimum absolute atomic E-state index is 0.0441. The summed E-state index contributed by atoms with van der Waals surface area (Å²) in [5.41, 5.74) is 2.43. The number of fused-ring (bicyclic) bond motifs is 1. The quantitative estimate of drug-likeness (QED) is 0.618. The van der Waals surface area contributed by atoms with Gasteiger partial charge in [0.1, 0.15) is 6.10 Å². The summed E-state index contributed by atoms with van der Waals surface area (Å²) < 4.78 is 6.58. The number of aliphatic hydroxyl groups excluding tert-OH is 1. The molecule has 0 radical (unpaired) electrons. The SMILES string of the molecule is C[C@H](CO)N1C[C@H](C)[C@@H](CN(C)Cc2ccc(Cl)c(Cl)c2)Oc2c(cccc2N(C)C)C1=O. The van der Waals surface area contributed by atoms with E-state index in [1.807, 2.05) is 57.2 Å². The number of hydrogen-bond donors (Lipinski definition) is 1. The van der Waals surface area contributed by atoms with Gasteiger partial charge in [-0.25, -0.2) is 0 Å². The Kier molecular flexibility index (Phi) is 8.51. The van der Waals surface area contributed by atoms with Crippen LogP contribution in [-0.4, -0.2) is 73.8 Å². The van der Waals surface area contributed by atoms with Gasteiger partial charge >= 0.3 is 0 Å². The number of carbonyl (C=O) groups excluding carboxylic acids is 1. The summed E-state index contributed by atoms with van der Waals surface area (Å²) in [6, 6.07) is 11.0. The van der Waals surface area contributed by atoms with Gasteiger partial charge < -0.3 is 19.6 Å². The first-order valence-electron chi connectivity index (χ1n) is 11.1. The second kappa shape index (κ2) is 11.0. The number of rotatable bonds is 7. The Morgan fingerprint density at radius 3 is 2.55 bits per heavy atom. The number of aliphatic hydroxyl groups is 1. The predicted molar refractivity (Wildman–Crippen MR) is 135 cm³/mol. The average molecular weight is 494 g/mol. The third-order valence-corrected chi connectivity index (χ3v) is 6.82. The molecule has 0 aromatic heterocycles. The summed E-state index contributed by atoms with van der Waals surface area (Å²) in [7, 11) is 5.91. The number of hydrogen-bond acceptors (Lipinski definition) is 5. The lowest BCUT2D eigenvalue weighted by Crippen LogP contribution is -2.49. The van der Waals surface area contributed by atoms with Crippen LogP contribution in [0, 0.1) is 5.92 Å². The molecule has 1 N–H and O–H groups in total. The molecule has 0 unspecified atom stereocenters. The minimum Gasteiger partial charge on any atom is -0.486 e. The largest absolute Gasteiger partial charge is 0.486 e. The number of para-hydroxylation sites is 1. The number of benzene rings is 2. The molecule has 180 valence electrons. The maximum Gasteiger partial charge on any atom is 0.258 e. The molecular formula is C25H33Cl2N3O3. The maximum absolute atomic E-state index is 13.4. The fraction of sp³-hybridized carbons (Fsp3) is 0.480. The van der Waals surface area contributed by atoms with Crippen molar-refractivity contribution in [2.45, 2.75) is 32.5 Å². The van der Waals surface area contributed by atoms with Gasteiger partial charge in [0.05, 0.1) is 33.9 Å². The van der Waals surface area contributed by atoms with Crippen molar-refractivity contribution in [3.8, 4) is 5.75 Å². The number of likely N-dealkylation sites (N-methyl/N-ethyl adjacent to an activating group) is 1. The summed E-state index contributed by atoms with van der Waals surface area (Å²) in [4.78, 5) is 19.3. The molecule has 0 fully saturated rings. The fourth-order valence-corrected chi connectivity index (χ4v) is 4.44. The first-order valence-corrected chi connectivity index (χ1v) is 11.9. The first kappa shape index (κ1) is 25.6. The van der Waals surface area contributed by atoms with E-state index in [2.05, 4.69) is 11.8 Å². The van der Waals surface area contributed by atoms with Crippen LogP contribution in [0.4, 0.5) is 5.69 Å². The van der Waals surface area contributed by atoms with E-state index in [0.717, 1.165) is 11.3 Å². The smallest absolute Gasteiger partial charge is 0.258 e. The van der Waals surface area contributed by atoms with E-state index < -0.39 is 0 Å². The van der Waals surface area contributed by atoms with Gasteiger partial charge in [-0.3, -0.25) is 9.69 Å². The van der Waals surface area contributed by atoms with Crippen molar-refractivity contribution in [1.29, 1.82) is 0 Å². The third kappa shape index (κ3) is 5.93. The molecule has 2 aromatic rings. The second-order valence-electron chi connectivity index (χ2n) is 9.12. The van der Waals surface area contributed by atoms with E-state index in [1.54, 1.807) is 17.0 Å². The highest BCUT2D eigenvalue weighted by Gasteiger charge is 2.34. The molecule has 1 heterocycles. The van der Waals surface area contributed by atoms with Crippen LogP contribution < -0.4 is 9.64 Å². The van der Waals surface area contributed by atoms with Crippen LogP contribution in [0.5, 0.6) is 5.75 Å². The van der Waals surface area contributed by atoms with Crippen LogP contribution in [0.3, 0.4) is 0 Å². The van der Waals surface area contributed by atoms with Gasteiger partial charge in [-0.2, -0.15) is 0 Å². The van der Waals surface area contributed by atoms with Crippen LogP contribution >= 0.6 is 23.2 Å². The van der Waals surface area contributed by atoms with Crippen molar-refractivity contribution in [2.24, 2.45) is 5.92 Å². The number of ether oxygens (including phenoxy) is 1. The Hall–Kier alpha value is -1.99. The molecule has 1 aliphatic heterocycles. The zero-order valence-corrected chi connectivity index (χ0v) is 21.4. The Morgan fingerprint density at radius 1 is 1.18 bits per heavy atom. The van der Waals surface area contributed by atoms with E-state index in [0.29, 0.717) is 41.0 Å². The minimum atomic E-state index is -0.288. The van der Waals surface area contributed by atoms with Crippen LogP contribution in [0.1, 0.15) is 29.8 Å². The number of carbonyl (C=O) groups is 1. The van der Waals surface area contributed by atoms with Crippen LogP contribution in [0.25, 0.3) is 0 Å². The monoisotopic (exact) mass is 493 g/mol. The van der Waals surface area contributed by atoms with E-state index in [-0.39, 0.29) is 30.6 Å². The van der Waals surface area contributed by atoms with Crippen molar-refractivity contribution in [2.75, 3.05) is 45.7 Å². The van der Waals surface area contributed by atoms with Crippen molar-refractivity contribution >= 4 is 34.8 Å². The highest BCUT2D eigenvalue weighted by molar-refractivity contribution is 6.42. The van der Waals surface area contributed by atoms with E-state index in [4.69, 9.17) is 27.9 Å². The lowest BCUT2D eigenvalue weighted by molar-refractivity contribution is 0.0343. The van der Waals surface area contributed by atoms with Gasteiger partial charge in [0.15, 0.2) is 5.75 Å². The fourth-order valence-electron chi connectivity index (χ4n) is 4.12.